The highest BCUT2D eigenvalue weighted by atomic mass is 16.3. The topological polar surface area (TPSA) is 109 Å². The van der Waals surface area contributed by atoms with Crippen molar-refractivity contribution in [1.82, 2.24) is 25.3 Å². The van der Waals surface area contributed by atoms with Gasteiger partial charge in [0.2, 0.25) is 5.91 Å². The van der Waals surface area contributed by atoms with E-state index < -0.39 is 11.4 Å². The highest BCUT2D eigenvalue weighted by Crippen LogP contribution is 2.26. The lowest BCUT2D eigenvalue weighted by Gasteiger charge is -2.40. The summed E-state index contributed by atoms with van der Waals surface area (Å²) in [4.78, 5) is 39.9. The van der Waals surface area contributed by atoms with Gasteiger partial charge in [0.15, 0.2) is 5.69 Å². The van der Waals surface area contributed by atoms with Crippen molar-refractivity contribution in [3.63, 3.8) is 0 Å². The number of nitrogens with one attached hydrogen (secondary N) is 2. The van der Waals surface area contributed by atoms with Gasteiger partial charge < -0.3 is 20.0 Å². The number of nitrogens with zero attached hydrogens (tertiary/aromatic N) is 3. The Morgan fingerprint density at radius 1 is 1.12 bits per heavy atom. The van der Waals surface area contributed by atoms with Gasteiger partial charge in [-0.05, 0) is 31.5 Å². The van der Waals surface area contributed by atoms with Crippen molar-refractivity contribution in [2.45, 2.75) is 39.0 Å². The fourth-order valence-corrected chi connectivity index (χ4v) is 3.64. The maximum absolute atomic E-state index is 13.0. The molecule has 0 aliphatic carbocycles. The first-order valence-electron chi connectivity index (χ1n) is 10.3. The molecule has 1 aliphatic heterocycles. The van der Waals surface area contributed by atoms with Crippen molar-refractivity contribution < 1.29 is 18.8 Å². The van der Waals surface area contributed by atoms with Crippen LogP contribution in [0.2, 0.25) is 0 Å². The van der Waals surface area contributed by atoms with Gasteiger partial charge >= 0.3 is 0 Å². The molecular formula is C23H25N5O4. The molecule has 1 aliphatic rings. The number of aromatic nitrogens is 2. The first-order chi connectivity index (χ1) is 15.3. The summed E-state index contributed by atoms with van der Waals surface area (Å²) in [5.41, 5.74) is 0.183. The van der Waals surface area contributed by atoms with Crippen LogP contribution in [-0.2, 0) is 24.4 Å². The van der Waals surface area contributed by atoms with Gasteiger partial charge in [-0.3, -0.25) is 19.1 Å². The number of carbonyl (C=O) groups excluding carboxylic acids is 3. The molecule has 3 heterocycles. The van der Waals surface area contributed by atoms with Gasteiger partial charge in [-0.2, -0.15) is 5.10 Å². The van der Waals surface area contributed by atoms with Crippen LogP contribution in [0.1, 0.15) is 45.0 Å². The second-order valence-electron chi connectivity index (χ2n) is 8.07. The molecule has 0 bridgehead atoms. The zero-order valence-electron chi connectivity index (χ0n) is 18.2. The van der Waals surface area contributed by atoms with E-state index in [1.807, 2.05) is 43.3 Å². The maximum atomic E-state index is 13.0. The Hall–Kier alpha value is -3.88. The Bertz CT molecular complexity index is 1170. The molecule has 9 heteroatoms. The smallest absolute Gasteiger partial charge is 0.272 e. The van der Waals surface area contributed by atoms with Crippen molar-refractivity contribution in [2.75, 3.05) is 7.05 Å². The minimum absolute atomic E-state index is 0.110. The summed E-state index contributed by atoms with van der Waals surface area (Å²) in [6.45, 7) is 4.21. The van der Waals surface area contributed by atoms with Crippen LogP contribution >= 0.6 is 0 Å². The third kappa shape index (κ3) is 4.01. The van der Waals surface area contributed by atoms with Crippen LogP contribution in [0.15, 0.2) is 52.9 Å². The number of likely N-dealkylation sites (N-methyl/N-ethyl adjacent to an activating group) is 1. The fourth-order valence-electron chi connectivity index (χ4n) is 3.64. The third-order valence-corrected chi connectivity index (χ3v) is 5.74. The summed E-state index contributed by atoms with van der Waals surface area (Å²) >= 11 is 0. The van der Waals surface area contributed by atoms with E-state index in [-0.39, 0.29) is 36.3 Å². The average Bonchev–Trinajstić information content (AvgIpc) is 3.41. The van der Waals surface area contributed by atoms with Gasteiger partial charge in [-0.1, -0.05) is 30.3 Å². The van der Waals surface area contributed by atoms with Crippen molar-refractivity contribution >= 4 is 17.7 Å². The van der Waals surface area contributed by atoms with Crippen LogP contribution < -0.4 is 10.6 Å². The number of hydrogen-bond acceptors (Lipinski definition) is 5. The summed E-state index contributed by atoms with van der Waals surface area (Å²) in [6, 6.07) is 14.6. The Morgan fingerprint density at radius 2 is 1.88 bits per heavy atom. The predicted molar refractivity (Wildman–Crippen MR) is 116 cm³/mol. The quantitative estimate of drug-likeness (QED) is 0.614. The molecule has 0 saturated carbocycles. The molecule has 166 valence electrons. The Balaban J connectivity index is 1.47. The van der Waals surface area contributed by atoms with E-state index in [1.165, 1.54) is 15.6 Å². The number of furan rings is 1. The summed E-state index contributed by atoms with van der Waals surface area (Å²) in [7, 11) is 1.58. The van der Waals surface area contributed by atoms with Gasteiger partial charge in [0, 0.05) is 19.7 Å². The molecule has 0 fully saturated rings. The Morgan fingerprint density at radius 3 is 2.56 bits per heavy atom. The Kier molecular flexibility index (Phi) is 5.56. The molecule has 2 aromatic heterocycles. The number of fused-ring (bicyclic) bond motifs is 1. The average molecular weight is 435 g/mol. The van der Waals surface area contributed by atoms with E-state index in [0.717, 1.165) is 11.3 Å². The van der Waals surface area contributed by atoms with Gasteiger partial charge in [0.25, 0.3) is 11.8 Å². The SMILES string of the molecule is Cc1ccc(CNC(=O)c2cc3n(n2)C[C@@](C)(C(=O)NCc2ccccc2)N(C)C3=O)o1. The molecule has 0 unspecified atom stereocenters. The molecule has 3 aromatic rings. The lowest BCUT2D eigenvalue weighted by molar-refractivity contribution is -0.132. The number of hydrogen-bond donors (Lipinski definition) is 2. The zero-order valence-corrected chi connectivity index (χ0v) is 18.2. The Labute approximate surface area is 185 Å². The lowest BCUT2D eigenvalue weighted by atomic mass is 9.96. The number of rotatable bonds is 6. The predicted octanol–water partition coefficient (Wildman–Crippen LogP) is 1.88. The van der Waals surface area contributed by atoms with Crippen molar-refractivity contribution in [3.8, 4) is 0 Å². The molecule has 0 spiro atoms. The van der Waals surface area contributed by atoms with Crippen LogP contribution in [0.3, 0.4) is 0 Å². The molecule has 1 atom stereocenters. The summed E-state index contributed by atoms with van der Waals surface area (Å²) in [5.74, 6) is 0.287. The van der Waals surface area contributed by atoms with Crippen molar-refractivity contribution in [1.29, 1.82) is 0 Å². The zero-order chi connectivity index (χ0) is 22.9. The largest absolute Gasteiger partial charge is 0.465 e. The number of amides is 3. The molecular weight excluding hydrogens is 410 g/mol. The van der Waals surface area contributed by atoms with Gasteiger partial charge in [-0.25, -0.2) is 0 Å². The monoisotopic (exact) mass is 435 g/mol. The van der Waals surface area contributed by atoms with Gasteiger partial charge in [-0.15, -0.1) is 0 Å². The molecule has 32 heavy (non-hydrogen) atoms. The van der Waals surface area contributed by atoms with Crippen LogP contribution in [0.5, 0.6) is 0 Å². The highest BCUT2D eigenvalue weighted by Gasteiger charge is 2.46. The minimum atomic E-state index is -1.15. The number of carbonyl (C=O) groups is 3. The standard InChI is InChI=1S/C23H25N5O4/c1-15-9-10-17(32-15)13-24-20(29)18-11-19-21(30)27(3)23(2,14-28(19)26-18)22(31)25-12-16-7-5-4-6-8-16/h4-11H,12-14H2,1-3H3,(H,24,29)(H,25,31)/t23-/m0/s1. The van der Waals surface area contributed by atoms with E-state index in [1.54, 1.807) is 20.0 Å². The van der Waals surface area contributed by atoms with Crippen molar-refractivity contribution in [2.24, 2.45) is 0 Å². The normalized spacial score (nSPS) is 17.7. The van der Waals surface area contributed by atoms with E-state index in [0.29, 0.717) is 12.3 Å². The summed E-state index contributed by atoms with van der Waals surface area (Å²) in [6.07, 6.45) is 0. The third-order valence-electron chi connectivity index (χ3n) is 5.74. The van der Waals surface area contributed by atoms with Crippen LogP contribution in [-0.4, -0.2) is 45.0 Å². The molecule has 1 aromatic carbocycles. The minimum Gasteiger partial charge on any atom is -0.465 e. The summed E-state index contributed by atoms with van der Waals surface area (Å²) < 4.78 is 6.87. The van der Waals surface area contributed by atoms with E-state index in [2.05, 4.69) is 15.7 Å². The van der Waals surface area contributed by atoms with E-state index in [9.17, 15) is 14.4 Å². The van der Waals surface area contributed by atoms with E-state index >= 15 is 0 Å². The van der Waals surface area contributed by atoms with Crippen molar-refractivity contribution in [3.05, 3.63) is 77.0 Å². The number of aryl methyl sites for hydroxylation is 1. The van der Waals surface area contributed by atoms with Crippen LogP contribution in [0.4, 0.5) is 0 Å². The second-order valence-corrected chi connectivity index (χ2v) is 8.07. The van der Waals surface area contributed by atoms with Crippen LogP contribution in [0.25, 0.3) is 0 Å². The molecule has 0 radical (unpaired) electrons. The molecule has 3 amide bonds. The van der Waals surface area contributed by atoms with Gasteiger partial charge in [0.05, 0.1) is 13.1 Å². The van der Waals surface area contributed by atoms with E-state index in [4.69, 9.17) is 4.42 Å². The maximum Gasteiger partial charge on any atom is 0.272 e. The van der Waals surface area contributed by atoms with Crippen LogP contribution in [0, 0.1) is 6.92 Å². The summed E-state index contributed by atoms with van der Waals surface area (Å²) in [5, 5.41) is 9.93. The number of benzene rings is 1. The molecule has 9 nitrogen and oxygen atoms in total. The molecule has 4 rings (SSSR count). The fraction of sp³-hybridized carbons (Fsp3) is 0.304. The second kappa shape index (κ2) is 8.33. The first-order valence-corrected chi connectivity index (χ1v) is 10.3. The first kappa shape index (κ1) is 21.4. The molecule has 2 N–H and O–H groups in total. The highest BCUT2D eigenvalue weighted by molar-refractivity contribution is 6.01. The van der Waals surface area contributed by atoms with Gasteiger partial charge in [0.1, 0.15) is 22.8 Å². The lowest BCUT2D eigenvalue weighted by Crippen LogP contribution is -2.62. The molecule has 0 saturated heterocycles.